The van der Waals surface area contributed by atoms with Gasteiger partial charge in [-0.25, -0.2) is 4.79 Å². The van der Waals surface area contributed by atoms with E-state index in [9.17, 15) is 65.8 Å². The van der Waals surface area contributed by atoms with Crippen LogP contribution < -0.4 is 4.74 Å². The Morgan fingerprint density at radius 1 is 0.814 bits per heavy atom. The Labute approximate surface area is 241 Å². The fraction of sp³-hybridized carbons (Fsp3) is 0.481. The van der Waals surface area contributed by atoms with Gasteiger partial charge in [-0.2, -0.15) is 0 Å². The predicted octanol–water partition coefficient (Wildman–Crippen LogP) is -4.11. The molecule has 43 heavy (non-hydrogen) atoms. The summed E-state index contributed by atoms with van der Waals surface area (Å²) in [6.45, 7) is -1.68. The second-order valence-electron chi connectivity index (χ2n) is 10.6. The van der Waals surface area contributed by atoms with Crippen molar-refractivity contribution in [1.29, 1.82) is 0 Å². The number of rotatable bonds is 6. The molecule has 16 heteroatoms. The monoisotopic (exact) mass is 610 g/mol. The molecule has 2 saturated heterocycles. The Morgan fingerprint density at radius 3 is 2.02 bits per heavy atom. The third-order valence-corrected chi connectivity index (χ3v) is 8.06. The summed E-state index contributed by atoms with van der Waals surface area (Å²) >= 11 is 0. The van der Waals surface area contributed by atoms with Crippen LogP contribution in [-0.4, -0.2) is 142 Å². The van der Waals surface area contributed by atoms with Crippen LogP contribution in [0.3, 0.4) is 0 Å². The second-order valence-corrected chi connectivity index (χ2v) is 10.6. The first kappa shape index (κ1) is 31.2. The van der Waals surface area contributed by atoms with Crippen molar-refractivity contribution in [1.82, 2.24) is 0 Å². The fourth-order valence-corrected chi connectivity index (χ4v) is 5.78. The van der Waals surface area contributed by atoms with Crippen molar-refractivity contribution in [2.45, 2.75) is 66.8 Å². The van der Waals surface area contributed by atoms with Crippen LogP contribution in [0.5, 0.6) is 11.5 Å². The number of aliphatic hydroxyl groups is 9. The van der Waals surface area contributed by atoms with Gasteiger partial charge in [0.05, 0.1) is 29.9 Å². The molecule has 0 amide bonds. The van der Waals surface area contributed by atoms with Crippen LogP contribution in [0.2, 0.25) is 0 Å². The maximum absolute atomic E-state index is 13.9. The summed E-state index contributed by atoms with van der Waals surface area (Å²) in [7, 11) is 0. The molecule has 0 radical (unpaired) electrons. The zero-order valence-electron chi connectivity index (χ0n) is 22.0. The lowest BCUT2D eigenvalue weighted by Crippen LogP contribution is -2.65. The molecule has 2 fully saturated rings. The van der Waals surface area contributed by atoms with Gasteiger partial charge in [-0.15, -0.1) is 0 Å². The van der Waals surface area contributed by atoms with Gasteiger partial charge in [0.15, 0.2) is 0 Å². The number of fused-ring (bicyclic) bond motifs is 2. The van der Waals surface area contributed by atoms with Crippen molar-refractivity contribution in [2.24, 2.45) is 0 Å². The van der Waals surface area contributed by atoms with Gasteiger partial charge in [-0.05, 0) is 18.2 Å². The lowest BCUT2D eigenvalue weighted by Gasteiger charge is -2.49. The molecule has 16 nitrogen and oxygen atoms in total. The van der Waals surface area contributed by atoms with E-state index in [-0.39, 0.29) is 0 Å². The summed E-state index contributed by atoms with van der Waals surface area (Å²) in [5, 5.41) is 115. The maximum atomic E-state index is 13.9. The molecule has 0 aromatic heterocycles. The Bertz CT molecular complexity index is 1410. The molecule has 234 valence electrons. The van der Waals surface area contributed by atoms with Crippen molar-refractivity contribution in [2.75, 3.05) is 13.2 Å². The third-order valence-electron chi connectivity index (χ3n) is 8.06. The Kier molecular flexibility index (Phi) is 8.22. The van der Waals surface area contributed by atoms with E-state index in [0.717, 1.165) is 12.1 Å². The fourth-order valence-electron chi connectivity index (χ4n) is 5.78. The summed E-state index contributed by atoms with van der Waals surface area (Å²) < 4.78 is 16.7. The standard InChI is InChI=1S/C27H30O16/c28-6-13-17(31)20(34)22(36)24(41-13)27(40)9-2-1-3-12(42-26-23(37)21(35)18(32)14(7-29)43-26)16(9)19(33)15-10(27)4-8(25(38)39)5-11(15)30/h1-5,13-14,17-18,20-24,26,28-32,34-37,40H,6-7H2,(H,38,39)/t13-,14-,17-,18-,20+,21+,22-,23-,24-,26+,27+/m1/s1. The largest absolute Gasteiger partial charge is 0.507 e. The van der Waals surface area contributed by atoms with E-state index in [4.69, 9.17) is 14.2 Å². The summed E-state index contributed by atoms with van der Waals surface area (Å²) in [6, 6.07) is 5.18. The van der Waals surface area contributed by atoms with E-state index >= 15 is 0 Å². The highest BCUT2D eigenvalue weighted by Crippen LogP contribution is 2.50. The Morgan fingerprint density at radius 2 is 1.42 bits per heavy atom. The van der Waals surface area contributed by atoms with Crippen LogP contribution >= 0.6 is 0 Å². The first-order chi connectivity index (χ1) is 20.3. The van der Waals surface area contributed by atoms with Crippen molar-refractivity contribution >= 4 is 11.8 Å². The molecule has 1 aliphatic carbocycles. The van der Waals surface area contributed by atoms with E-state index in [0.29, 0.717) is 0 Å². The molecule has 11 N–H and O–H groups in total. The number of carbonyl (C=O) groups is 2. The van der Waals surface area contributed by atoms with Gasteiger partial charge in [0.2, 0.25) is 12.1 Å². The molecule has 0 saturated carbocycles. The normalized spacial score (nSPS) is 37.4. The highest BCUT2D eigenvalue weighted by Gasteiger charge is 2.58. The molecule has 11 atom stereocenters. The van der Waals surface area contributed by atoms with Crippen LogP contribution in [0.15, 0.2) is 30.3 Å². The number of aromatic carboxylic acids is 1. The molecule has 3 aliphatic rings. The molecule has 2 aromatic rings. The average Bonchev–Trinajstić information content (AvgIpc) is 2.98. The molecular weight excluding hydrogens is 580 g/mol. The quantitative estimate of drug-likeness (QED) is 0.148. The number of phenols is 1. The summed E-state index contributed by atoms with van der Waals surface area (Å²) in [4.78, 5) is 25.8. The van der Waals surface area contributed by atoms with Crippen LogP contribution in [0, 0.1) is 0 Å². The van der Waals surface area contributed by atoms with E-state index in [2.05, 4.69) is 0 Å². The number of carbonyl (C=O) groups excluding carboxylic acids is 1. The topological polar surface area (TPSA) is 284 Å². The van der Waals surface area contributed by atoms with Gasteiger partial charge in [0.1, 0.15) is 72.0 Å². The Balaban J connectivity index is 1.71. The number of ketones is 1. The number of carboxylic acids is 1. The maximum Gasteiger partial charge on any atom is 0.335 e. The number of aromatic hydroxyl groups is 1. The minimum absolute atomic E-state index is 0.404. The van der Waals surface area contributed by atoms with Gasteiger partial charge in [-0.1, -0.05) is 12.1 Å². The molecule has 2 aromatic carbocycles. The van der Waals surface area contributed by atoms with Gasteiger partial charge in [0.25, 0.3) is 0 Å². The van der Waals surface area contributed by atoms with E-state index in [1.54, 1.807) is 0 Å². The van der Waals surface area contributed by atoms with Crippen molar-refractivity contribution in [3.05, 3.63) is 58.1 Å². The average molecular weight is 611 g/mol. The lowest BCUT2D eigenvalue weighted by atomic mass is 9.68. The van der Waals surface area contributed by atoms with Gasteiger partial charge in [-0.3, -0.25) is 4.79 Å². The zero-order chi connectivity index (χ0) is 31.5. The van der Waals surface area contributed by atoms with E-state index in [1.807, 2.05) is 0 Å². The van der Waals surface area contributed by atoms with Gasteiger partial charge >= 0.3 is 5.97 Å². The third kappa shape index (κ3) is 4.77. The highest BCUT2D eigenvalue weighted by molar-refractivity contribution is 6.16. The van der Waals surface area contributed by atoms with Crippen molar-refractivity contribution < 1.29 is 80.0 Å². The molecule has 0 bridgehead atoms. The molecule has 5 rings (SSSR count). The molecular formula is C27H30O16. The Hall–Kier alpha value is -3.26. The smallest absolute Gasteiger partial charge is 0.335 e. The molecule has 0 spiro atoms. The summed E-state index contributed by atoms with van der Waals surface area (Å²) in [6.07, 6.45) is -18.2. The van der Waals surface area contributed by atoms with Crippen LogP contribution in [0.1, 0.15) is 37.4 Å². The SMILES string of the molecule is O=C(O)c1cc(O)c2c(c1)[C@](O)([C@@H]1O[C@H](CO)[C@@H](O)[C@H](O)[C@H]1O)c1cccc(O[C@H]3O[C@H](CO)[C@@H](O)[C@H](O)[C@H]3O)c1C2=O. The number of benzene rings is 2. The van der Waals surface area contributed by atoms with E-state index < -0.39 is 131 Å². The predicted molar refractivity (Wildman–Crippen MR) is 136 cm³/mol. The van der Waals surface area contributed by atoms with Crippen LogP contribution in [0.4, 0.5) is 0 Å². The highest BCUT2D eigenvalue weighted by atomic mass is 16.7. The first-order valence-corrected chi connectivity index (χ1v) is 13.1. The molecule has 2 aliphatic heterocycles. The minimum Gasteiger partial charge on any atom is -0.507 e. The molecule has 2 heterocycles. The number of ether oxygens (including phenoxy) is 3. The van der Waals surface area contributed by atoms with Crippen LogP contribution in [-0.2, 0) is 15.1 Å². The lowest BCUT2D eigenvalue weighted by molar-refractivity contribution is -0.277. The van der Waals surface area contributed by atoms with Crippen LogP contribution in [0.25, 0.3) is 0 Å². The van der Waals surface area contributed by atoms with Crippen molar-refractivity contribution in [3.63, 3.8) is 0 Å². The second kappa shape index (κ2) is 11.3. The minimum atomic E-state index is -2.77. The first-order valence-electron chi connectivity index (χ1n) is 13.1. The van der Waals surface area contributed by atoms with Gasteiger partial charge < -0.3 is 70.4 Å². The summed E-state index contributed by atoms with van der Waals surface area (Å²) in [5.41, 5.74) is -5.48. The summed E-state index contributed by atoms with van der Waals surface area (Å²) in [5.74, 6) is -3.93. The zero-order valence-corrected chi connectivity index (χ0v) is 22.0. The van der Waals surface area contributed by atoms with Gasteiger partial charge in [0, 0.05) is 11.1 Å². The number of aliphatic hydroxyl groups excluding tert-OH is 8. The molecule has 0 unspecified atom stereocenters. The van der Waals surface area contributed by atoms with E-state index in [1.165, 1.54) is 18.2 Å². The number of hydrogen-bond acceptors (Lipinski definition) is 15. The number of phenolic OH excluding ortho intramolecular Hbond substituents is 1. The van der Waals surface area contributed by atoms with Crippen molar-refractivity contribution in [3.8, 4) is 11.5 Å². The number of carboxylic acid groups (broad SMARTS) is 1. The number of hydrogen-bond donors (Lipinski definition) is 11.